The van der Waals surface area contributed by atoms with Crippen LogP contribution >= 0.6 is 23.2 Å². The van der Waals surface area contributed by atoms with Crippen molar-refractivity contribution in [3.8, 4) is 11.3 Å². The maximum Gasteiger partial charge on any atom is 0.124 e. The zero-order valence-corrected chi connectivity index (χ0v) is 8.01. The lowest BCUT2D eigenvalue weighted by atomic mass is 10.1. The third-order valence-electron chi connectivity index (χ3n) is 1.67. The predicted molar refractivity (Wildman–Crippen MR) is 52.0 cm³/mol. The molecule has 0 aliphatic carbocycles. The van der Waals surface area contributed by atoms with Crippen LogP contribution in [0.4, 0.5) is 0 Å². The molecule has 2 nitrogen and oxygen atoms in total. The summed E-state index contributed by atoms with van der Waals surface area (Å²) in [5.74, 6) is 0. The standard InChI is InChI=1S/C9H5Cl2NO/c10-7-3-1-2-6(9(7)11)8-4-5-13-12-8/h1-5H. The monoisotopic (exact) mass is 213 g/mol. The van der Waals surface area contributed by atoms with E-state index in [0.29, 0.717) is 15.7 Å². The summed E-state index contributed by atoms with van der Waals surface area (Å²) < 4.78 is 4.71. The molecule has 0 aliphatic heterocycles. The molecule has 4 heteroatoms. The van der Waals surface area contributed by atoms with Crippen molar-refractivity contribution in [3.05, 3.63) is 40.6 Å². The van der Waals surface area contributed by atoms with Crippen molar-refractivity contribution in [3.63, 3.8) is 0 Å². The lowest BCUT2D eigenvalue weighted by Gasteiger charge is -2.00. The molecule has 0 fully saturated rings. The van der Waals surface area contributed by atoms with Crippen molar-refractivity contribution < 1.29 is 4.52 Å². The summed E-state index contributed by atoms with van der Waals surface area (Å²) in [5, 5.41) is 4.78. The fraction of sp³-hybridized carbons (Fsp3) is 0. The number of benzene rings is 1. The molecule has 0 radical (unpaired) electrons. The Hall–Kier alpha value is -0.990. The minimum atomic E-state index is 0.498. The summed E-state index contributed by atoms with van der Waals surface area (Å²) in [6.45, 7) is 0. The molecule has 66 valence electrons. The van der Waals surface area contributed by atoms with E-state index in [0.717, 1.165) is 5.56 Å². The van der Waals surface area contributed by atoms with Gasteiger partial charge in [0.05, 0.1) is 10.0 Å². The molecule has 0 spiro atoms. The lowest BCUT2D eigenvalue weighted by Crippen LogP contribution is -1.79. The molecule has 0 N–H and O–H groups in total. The zero-order valence-electron chi connectivity index (χ0n) is 6.50. The first-order valence-electron chi connectivity index (χ1n) is 3.64. The average molecular weight is 214 g/mol. The van der Waals surface area contributed by atoms with Crippen LogP contribution in [0.15, 0.2) is 35.1 Å². The Morgan fingerprint density at radius 1 is 1.15 bits per heavy atom. The van der Waals surface area contributed by atoms with Crippen LogP contribution < -0.4 is 0 Å². The van der Waals surface area contributed by atoms with E-state index in [-0.39, 0.29) is 0 Å². The SMILES string of the molecule is Clc1cccc(-c2ccon2)c1Cl. The molecule has 13 heavy (non-hydrogen) atoms. The number of hydrogen-bond acceptors (Lipinski definition) is 2. The predicted octanol–water partition coefficient (Wildman–Crippen LogP) is 3.65. The van der Waals surface area contributed by atoms with E-state index in [1.807, 2.05) is 12.1 Å². The second-order valence-corrected chi connectivity index (χ2v) is 3.27. The first-order valence-corrected chi connectivity index (χ1v) is 4.39. The Balaban J connectivity index is 2.59. The summed E-state index contributed by atoms with van der Waals surface area (Å²) in [6, 6.07) is 7.12. The first-order chi connectivity index (χ1) is 6.29. The van der Waals surface area contributed by atoms with Crippen molar-refractivity contribution >= 4 is 23.2 Å². The van der Waals surface area contributed by atoms with Crippen molar-refractivity contribution in [1.82, 2.24) is 5.16 Å². The lowest BCUT2D eigenvalue weighted by molar-refractivity contribution is 0.422. The van der Waals surface area contributed by atoms with Gasteiger partial charge in [-0.1, -0.05) is 40.5 Å². The molecule has 2 rings (SSSR count). The van der Waals surface area contributed by atoms with Crippen molar-refractivity contribution in [2.24, 2.45) is 0 Å². The van der Waals surface area contributed by atoms with Crippen LogP contribution in [-0.4, -0.2) is 5.16 Å². The van der Waals surface area contributed by atoms with E-state index in [2.05, 4.69) is 5.16 Å². The highest BCUT2D eigenvalue weighted by atomic mass is 35.5. The van der Waals surface area contributed by atoms with Gasteiger partial charge < -0.3 is 4.52 Å². The van der Waals surface area contributed by atoms with Crippen LogP contribution in [0.5, 0.6) is 0 Å². The van der Waals surface area contributed by atoms with Gasteiger partial charge in [-0.25, -0.2) is 0 Å². The summed E-state index contributed by atoms with van der Waals surface area (Å²) in [7, 11) is 0. The maximum atomic E-state index is 5.97. The molecular weight excluding hydrogens is 209 g/mol. The van der Waals surface area contributed by atoms with Gasteiger partial charge in [0, 0.05) is 11.6 Å². The smallest absolute Gasteiger partial charge is 0.124 e. The highest BCUT2D eigenvalue weighted by Gasteiger charge is 2.08. The Morgan fingerprint density at radius 3 is 2.69 bits per heavy atom. The van der Waals surface area contributed by atoms with Crippen LogP contribution in [0.2, 0.25) is 10.0 Å². The fourth-order valence-corrected chi connectivity index (χ4v) is 1.45. The van der Waals surface area contributed by atoms with Crippen molar-refractivity contribution in [1.29, 1.82) is 0 Å². The first kappa shape index (κ1) is 8.60. The molecule has 1 heterocycles. The van der Waals surface area contributed by atoms with Crippen LogP contribution in [0, 0.1) is 0 Å². The number of halogens is 2. The third-order valence-corrected chi connectivity index (χ3v) is 2.48. The van der Waals surface area contributed by atoms with Gasteiger partial charge in [0.15, 0.2) is 0 Å². The Kier molecular flexibility index (Phi) is 2.25. The molecule has 0 saturated heterocycles. The van der Waals surface area contributed by atoms with Gasteiger partial charge in [-0.3, -0.25) is 0 Å². The quantitative estimate of drug-likeness (QED) is 0.723. The van der Waals surface area contributed by atoms with E-state index in [9.17, 15) is 0 Å². The fourth-order valence-electron chi connectivity index (χ4n) is 1.05. The summed E-state index contributed by atoms with van der Waals surface area (Å²) in [5.41, 5.74) is 1.47. The second kappa shape index (κ2) is 3.40. The Labute approximate surface area is 85.1 Å². The molecule has 0 bridgehead atoms. The zero-order chi connectivity index (χ0) is 9.26. The largest absolute Gasteiger partial charge is 0.364 e. The average Bonchev–Trinajstić information content (AvgIpc) is 2.62. The molecule has 2 aromatic rings. The summed E-state index contributed by atoms with van der Waals surface area (Å²) in [6.07, 6.45) is 1.49. The molecular formula is C9H5Cl2NO. The van der Waals surface area contributed by atoms with E-state index in [4.69, 9.17) is 27.7 Å². The van der Waals surface area contributed by atoms with Gasteiger partial charge >= 0.3 is 0 Å². The van der Waals surface area contributed by atoms with E-state index in [1.165, 1.54) is 6.26 Å². The molecule has 0 aliphatic rings. The van der Waals surface area contributed by atoms with Crippen molar-refractivity contribution in [2.45, 2.75) is 0 Å². The molecule has 0 saturated carbocycles. The van der Waals surface area contributed by atoms with Gasteiger partial charge in [0.1, 0.15) is 12.0 Å². The van der Waals surface area contributed by atoms with Gasteiger partial charge in [0.25, 0.3) is 0 Å². The van der Waals surface area contributed by atoms with E-state index < -0.39 is 0 Å². The van der Waals surface area contributed by atoms with Crippen molar-refractivity contribution in [2.75, 3.05) is 0 Å². The van der Waals surface area contributed by atoms with E-state index >= 15 is 0 Å². The number of nitrogens with zero attached hydrogens (tertiary/aromatic N) is 1. The minimum Gasteiger partial charge on any atom is -0.364 e. The normalized spacial score (nSPS) is 10.3. The second-order valence-electron chi connectivity index (χ2n) is 2.49. The maximum absolute atomic E-state index is 5.97. The van der Waals surface area contributed by atoms with Gasteiger partial charge in [-0.05, 0) is 6.07 Å². The van der Waals surface area contributed by atoms with Crippen LogP contribution in [0.3, 0.4) is 0 Å². The number of rotatable bonds is 1. The van der Waals surface area contributed by atoms with Crippen LogP contribution in [-0.2, 0) is 0 Å². The molecule has 0 atom stereocenters. The minimum absolute atomic E-state index is 0.498. The Bertz CT molecular complexity index is 412. The third kappa shape index (κ3) is 1.55. The highest BCUT2D eigenvalue weighted by molar-refractivity contribution is 6.43. The number of hydrogen-bond donors (Lipinski definition) is 0. The number of aromatic nitrogens is 1. The van der Waals surface area contributed by atoms with Gasteiger partial charge in [-0.15, -0.1) is 0 Å². The molecule has 1 aromatic heterocycles. The van der Waals surface area contributed by atoms with Crippen LogP contribution in [0.25, 0.3) is 11.3 Å². The molecule has 0 unspecified atom stereocenters. The molecule has 1 aromatic carbocycles. The topological polar surface area (TPSA) is 26.0 Å². The van der Waals surface area contributed by atoms with Gasteiger partial charge in [0.2, 0.25) is 0 Å². The van der Waals surface area contributed by atoms with E-state index in [1.54, 1.807) is 12.1 Å². The molecule has 0 amide bonds. The van der Waals surface area contributed by atoms with Gasteiger partial charge in [-0.2, -0.15) is 0 Å². The Morgan fingerprint density at radius 2 is 2.00 bits per heavy atom. The highest BCUT2D eigenvalue weighted by Crippen LogP contribution is 2.32. The summed E-state index contributed by atoms with van der Waals surface area (Å²) >= 11 is 11.8. The summed E-state index contributed by atoms with van der Waals surface area (Å²) in [4.78, 5) is 0. The van der Waals surface area contributed by atoms with Crippen LogP contribution in [0.1, 0.15) is 0 Å².